The summed E-state index contributed by atoms with van der Waals surface area (Å²) in [4.78, 5) is 13.7. The Kier molecular flexibility index (Phi) is 9.24. The SMILES string of the molecule is O=C(O)c1ccccn1.[Cl-].[K+]. The van der Waals surface area contributed by atoms with Crippen molar-refractivity contribution in [1.82, 2.24) is 4.98 Å². The van der Waals surface area contributed by atoms with E-state index in [2.05, 4.69) is 4.98 Å². The second-order valence-corrected chi connectivity index (χ2v) is 1.52. The molecule has 0 saturated carbocycles. The molecular weight excluding hydrogens is 193 g/mol. The molecule has 0 spiro atoms. The van der Waals surface area contributed by atoms with Gasteiger partial charge in [0.05, 0.1) is 0 Å². The van der Waals surface area contributed by atoms with Crippen molar-refractivity contribution in [3.63, 3.8) is 0 Å². The molecule has 5 heteroatoms. The van der Waals surface area contributed by atoms with Crippen LogP contribution in [0.15, 0.2) is 24.4 Å². The molecule has 0 fully saturated rings. The van der Waals surface area contributed by atoms with E-state index in [1.165, 1.54) is 12.3 Å². The van der Waals surface area contributed by atoms with Crippen molar-refractivity contribution in [3.05, 3.63) is 30.1 Å². The van der Waals surface area contributed by atoms with Crippen LogP contribution >= 0.6 is 0 Å². The standard InChI is InChI=1S/C6H5NO2.ClH.K/c8-6(9)5-3-1-2-4-7-5;;/h1-4H,(H,8,9);1H;/q;;+1/p-1. The summed E-state index contributed by atoms with van der Waals surface area (Å²) in [5.41, 5.74) is 0.0810. The fraction of sp³-hybridized carbons (Fsp3) is 0. The molecule has 0 aliphatic heterocycles. The maximum Gasteiger partial charge on any atom is 1.00 e. The van der Waals surface area contributed by atoms with E-state index in [1.54, 1.807) is 12.1 Å². The molecule has 1 aromatic heterocycles. The Morgan fingerprint density at radius 3 is 2.36 bits per heavy atom. The van der Waals surface area contributed by atoms with E-state index in [9.17, 15) is 4.79 Å². The second kappa shape index (κ2) is 7.21. The molecule has 0 unspecified atom stereocenters. The molecule has 11 heavy (non-hydrogen) atoms. The monoisotopic (exact) mass is 197 g/mol. The minimum atomic E-state index is -0.990. The quantitative estimate of drug-likeness (QED) is 0.458. The van der Waals surface area contributed by atoms with E-state index in [1.807, 2.05) is 0 Å². The van der Waals surface area contributed by atoms with Crippen LogP contribution in [0.3, 0.4) is 0 Å². The molecule has 1 heterocycles. The van der Waals surface area contributed by atoms with E-state index in [0.29, 0.717) is 0 Å². The summed E-state index contributed by atoms with van der Waals surface area (Å²) in [6, 6.07) is 4.76. The van der Waals surface area contributed by atoms with Crippen molar-refractivity contribution < 1.29 is 73.7 Å². The molecule has 54 valence electrons. The number of halogens is 1. The van der Waals surface area contributed by atoms with Gasteiger partial charge in [-0.3, -0.25) is 0 Å². The van der Waals surface area contributed by atoms with Gasteiger partial charge in [-0.1, -0.05) is 6.07 Å². The fourth-order valence-electron chi connectivity index (χ4n) is 0.489. The molecule has 0 radical (unpaired) electrons. The maximum absolute atomic E-state index is 10.1. The van der Waals surface area contributed by atoms with Gasteiger partial charge in [-0.25, -0.2) is 9.78 Å². The zero-order valence-electron chi connectivity index (χ0n) is 5.99. The molecular formula is C6H5ClKNO2. The van der Waals surface area contributed by atoms with Gasteiger partial charge in [0.1, 0.15) is 5.69 Å². The summed E-state index contributed by atoms with van der Waals surface area (Å²) in [6.45, 7) is 0. The number of carbonyl (C=O) groups is 1. The molecule has 1 rings (SSSR count). The molecule has 0 amide bonds. The minimum Gasteiger partial charge on any atom is -1.00 e. The average molecular weight is 198 g/mol. The first-order chi connectivity index (χ1) is 4.30. The summed E-state index contributed by atoms with van der Waals surface area (Å²) in [7, 11) is 0. The van der Waals surface area contributed by atoms with Crippen molar-refractivity contribution in [2.24, 2.45) is 0 Å². The van der Waals surface area contributed by atoms with Gasteiger partial charge in [0.15, 0.2) is 0 Å². The maximum atomic E-state index is 10.1. The van der Waals surface area contributed by atoms with Crippen LogP contribution in [0.1, 0.15) is 10.5 Å². The number of carboxylic acid groups (broad SMARTS) is 1. The Morgan fingerprint density at radius 2 is 2.09 bits per heavy atom. The molecule has 0 aliphatic rings. The number of hydrogen-bond donors (Lipinski definition) is 1. The van der Waals surface area contributed by atoms with E-state index in [0.717, 1.165) is 0 Å². The van der Waals surface area contributed by atoms with Crippen LogP contribution in [0, 0.1) is 0 Å². The van der Waals surface area contributed by atoms with E-state index in [-0.39, 0.29) is 69.5 Å². The largest absolute Gasteiger partial charge is 1.00 e. The third-order valence-corrected chi connectivity index (χ3v) is 0.884. The smallest absolute Gasteiger partial charge is 1.00 e. The van der Waals surface area contributed by atoms with Crippen LogP contribution in [0.5, 0.6) is 0 Å². The summed E-state index contributed by atoms with van der Waals surface area (Å²) in [5, 5.41) is 8.32. The van der Waals surface area contributed by atoms with Crippen LogP contribution in [-0.2, 0) is 0 Å². The van der Waals surface area contributed by atoms with Crippen LogP contribution in [0.4, 0.5) is 0 Å². The molecule has 1 N–H and O–H groups in total. The van der Waals surface area contributed by atoms with Gasteiger partial charge in [-0.15, -0.1) is 0 Å². The predicted octanol–water partition coefficient (Wildman–Crippen LogP) is -5.21. The predicted molar refractivity (Wildman–Crippen MR) is 31.2 cm³/mol. The molecule has 0 bridgehead atoms. The molecule has 0 atom stereocenters. The van der Waals surface area contributed by atoms with Gasteiger partial charge in [0, 0.05) is 6.20 Å². The zero-order chi connectivity index (χ0) is 6.69. The summed E-state index contributed by atoms with van der Waals surface area (Å²) >= 11 is 0. The summed E-state index contributed by atoms with van der Waals surface area (Å²) < 4.78 is 0. The van der Waals surface area contributed by atoms with Crippen LogP contribution in [0.25, 0.3) is 0 Å². The van der Waals surface area contributed by atoms with Gasteiger partial charge >= 0.3 is 57.4 Å². The Balaban J connectivity index is 0. The Morgan fingerprint density at radius 1 is 1.45 bits per heavy atom. The number of nitrogens with zero attached hydrogens (tertiary/aromatic N) is 1. The van der Waals surface area contributed by atoms with E-state index < -0.39 is 5.97 Å². The topological polar surface area (TPSA) is 50.2 Å². The normalized spacial score (nSPS) is 7.27. The molecule has 0 saturated heterocycles. The molecule has 1 aromatic rings. The van der Waals surface area contributed by atoms with Crippen molar-refractivity contribution >= 4 is 5.97 Å². The second-order valence-electron chi connectivity index (χ2n) is 1.52. The van der Waals surface area contributed by atoms with Crippen LogP contribution in [0.2, 0.25) is 0 Å². The van der Waals surface area contributed by atoms with Gasteiger partial charge in [0.25, 0.3) is 0 Å². The first-order valence-corrected chi connectivity index (χ1v) is 2.45. The summed E-state index contributed by atoms with van der Waals surface area (Å²) in [5.74, 6) is -0.990. The van der Waals surface area contributed by atoms with Gasteiger partial charge in [0.2, 0.25) is 0 Å². The zero-order valence-corrected chi connectivity index (χ0v) is 9.87. The number of carboxylic acids is 1. The van der Waals surface area contributed by atoms with E-state index in [4.69, 9.17) is 5.11 Å². The van der Waals surface area contributed by atoms with Crippen molar-refractivity contribution in [1.29, 1.82) is 0 Å². The molecule has 0 aromatic carbocycles. The van der Waals surface area contributed by atoms with Gasteiger partial charge < -0.3 is 17.5 Å². The Hall–Kier alpha value is 0.546. The number of pyridine rings is 1. The van der Waals surface area contributed by atoms with Gasteiger partial charge in [-0.2, -0.15) is 0 Å². The van der Waals surface area contributed by atoms with Crippen LogP contribution in [-0.4, -0.2) is 16.1 Å². The number of hydrogen-bond acceptors (Lipinski definition) is 2. The first-order valence-electron chi connectivity index (χ1n) is 2.45. The fourth-order valence-corrected chi connectivity index (χ4v) is 0.489. The molecule has 0 aliphatic carbocycles. The van der Waals surface area contributed by atoms with E-state index >= 15 is 0 Å². The number of aromatic carboxylic acids is 1. The third-order valence-electron chi connectivity index (χ3n) is 0.884. The van der Waals surface area contributed by atoms with Crippen LogP contribution < -0.4 is 63.8 Å². The Bertz CT molecular complexity index is 217. The number of rotatable bonds is 1. The molecule has 3 nitrogen and oxygen atoms in total. The number of aromatic nitrogens is 1. The minimum absolute atomic E-state index is 0. The third kappa shape index (κ3) is 4.89. The summed E-state index contributed by atoms with van der Waals surface area (Å²) in [6.07, 6.45) is 1.45. The van der Waals surface area contributed by atoms with Crippen molar-refractivity contribution in [3.8, 4) is 0 Å². The van der Waals surface area contributed by atoms with Crippen molar-refractivity contribution in [2.75, 3.05) is 0 Å². The van der Waals surface area contributed by atoms with Gasteiger partial charge in [-0.05, 0) is 12.1 Å². The van der Waals surface area contributed by atoms with Crippen molar-refractivity contribution in [2.45, 2.75) is 0 Å². The average Bonchev–Trinajstić information content (AvgIpc) is 1.90. The first kappa shape index (κ1) is 14.1. The Labute approximate surface area is 113 Å².